The zero-order valence-corrected chi connectivity index (χ0v) is 18.1. The standard InChI is InChI=1S/C18H17BrClN9O/c19-13-9-22-29-16(13)24-18(28-4-6-30-7-5-28)25-17(29)21-10-14-23-15(27-26-14)11-2-1-3-12(20)8-11/h1-3,8-9H,4-7,10H2,(H,21,24,25)(H,23,26,27). The summed E-state index contributed by atoms with van der Waals surface area (Å²) in [7, 11) is 0. The van der Waals surface area contributed by atoms with Gasteiger partial charge in [-0.15, -0.1) is 10.2 Å². The van der Waals surface area contributed by atoms with Gasteiger partial charge in [0, 0.05) is 23.7 Å². The highest BCUT2D eigenvalue weighted by atomic mass is 79.9. The quantitative estimate of drug-likeness (QED) is 0.440. The Bertz CT molecular complexity index is 1190. The molecule has 5 rings (SSSR count). The van der Waals surface area contributed by atoms with Crippen LogP contribution in [0.3, 0.4) is 0 Å². The Balaban J connectivity index is 1.40. The summed E-state index contributed by atoms with van der Waals surface area (Å²) in [6.07, 6.45) is 1.70. The van der Waals surface area contributed by atoms with Gasteiger partial charge in [0.05, 0.1) is 30.4 Å². The Morgan fingerprint density at radius 3 is 2.90 bits per heavy atom. The molecule has 2 N–H and O–H groups in total. The van der Waals surface area contributed by atoms with Crippen LogP contribution < -0.4 is 10.2 Å². The minimum atomic E-state index is 0.389. The number of hydrogen-bond donors (Lipinski definition) is 2. The fourth-order valence-electron chi connectivity index (χ4n) is 3.16. The predicted molar refractivity (Wildman–Crippen MR) is 116 cm³/mol. The van der Waals surface area contributed by atoms with Gasteiger partial charge in [-0.25, -0.2) is 0 Å². The van der Waals surface area contributed by atoms with Crippen molar-refractivity contribution in [3.05, 3.63) is 45.8 Å². The zero-order chi connectivity index (χ0) is 20.5. The van der Waals surface area contributed by atoms with Crippen LogP contribution in [-0.2, 0) is 11.3 Å². The molecule has 1 aliphatic rings. The van der Waals surface area contributed by atoms with Gasteiger partial charge < -0.3 is 19.9 Å². The maximum atomic E-state index is 6.07. The SMILES string of the molecule is Clc1cccc(-c2nnc(CNc3nc(N4CCOCC4)nc4c(Br)cnn34)[nH]2)c1. The molecule has 10 nitrogen and oxygen atoms in total. The molecule has 3 aromatic heterocycles. The normalized spacial score (nSPS) is 14.4. The summed E-state index contributed by atoms with van der Waals surface area (Å²) in [5.41, 5.74) is 1.56. The first-order valence-corrected chi connectivity index (χ1v) is 10.5. The van der Waals surface area contributed by atoms with Crippen molar-refractivity contribution in [2.24, 2.45) is 0 Å². The van der Waals surface area contributed by atoms with E-state index in [0.29, 0.717) is 54.0 Å². The lowest BCUT2D eigenvalue weighted by molar-refractivity contribution is 0.122. The van der Waals surface area contributed by atoms with Crippen LogP contribution in [0.4, 0.5) is 11.9 Å². The van der Waals surface area contributed by atoms with Gasteiger partial charge in [0.2, 0.25) is 11.9 Å². The van der Waals surface area contributed by atoms with Crippen LogP contribution in [0.15, 0.2) is 34.9 Å². The minimum absolute atomic E-state index is 0.389. The van der Waals surface area contributed by atoms with Crippen LogP contribution in [0.5, 0.6) is 0 Å². The third-order valence-corrected chi connectivity index (χ3v) is 5.45. The molecule has 1 saturated heterocycles. The fraction of sp³-hybridized carbons (Fsp3) is 0.278. The number of hydrogen-bond acceptors (Lipinski definition) is 8. The van der Waals surface area contributed by atoms with Gasteiger partial charge >= 0.3 is 0 Å². The van der Waals surface area contributed by atoms with E-state index in [1.165, 1.54) is 0 Å². The monoisotopic (exact) mass is 489 g/mol. The van der Waals surface area contributed by atoms with E-state index in [1.54, 1.807) is 10.7 Å². The Kier molecular flexibility index (Phi) is 5.23. The molecule has 0 atom stereocenters. The highest BCUT2D eigenvalue weighted by Gasteiger charge is 2.18. The number of fused-ring (bicyclic) bond motifs is 1. The van der Waals surface area contributed by atoms with E-state index < -0.39 is 0 Å². The van der Waals surface area contributed by atoms with Crippen molar-refractivity contribution in [3.63, 3.8) is 0 Å². The number of nitrogens with one attached hydrogen (secondary N) is 2. The molecule has 0 radical (unpaired) electrons. The molecule has 4 heterocycles. The molecule has 4 aromatic rings. The van der Waals surface area contributed by atoms with Crippen LogP contribution in [-0.4, -0.2) is 61.1 Å². The largest absolute Gasteiger partial charge is 0.378 e. The zero-order valence-electron chi connectivity index (χ0n) is 15.7. The Morgan fingerprint density at radius 1 is 1.20 bits per heavy atom. The maximum Gasteiger partial charge on any atom is 0.230 e. The van der Waals surface area contributed by atoms with Gasteiger partial charge in [0.1, 0.15) is 5.82 Å². The van der Waals surface area contributed by atoms with E-state index >= 15 is 0 Å². The molecule has 154 valence electrons. The summed E-state index contributed by atoms with van der Waals surface area (Å²) in [6, 6.07) is 7.45. The lowest BCUT2D eigenvalue weighted by Gasteiger charge is -2.27. The molecule has 0 unspecified atom stereocenters. The minimum Gasteiger partial charge on any atom is -0.378 e. The number of aromatic amines is 1. The summed E-state index contributed by atoms with van der Waals surface area (Å²) in [6.45, 7) is 3.18. The first-order valence-electron chi connectivity index (χ1n) is 9.33. The average Bonchev–Trinajstić information content (AvgIpc) is 3.40. The Hall–Kier alpha value is -2.76. The molecule has 1 aromatic carbocycles. The number of H-pyrrole nitrogens is 1. The van der Waals surface area contributed by atoms with Crippen LogP contribution in [0.2, 0.25) is 5.02 Å². The lowest BCUT2D eigenvalue weighted by atomic mass is 10.2. The first kappa shape index (κ1) is 19.2. The van der Waals surface area contributed by atoms with Crippen molar-refractivity contribution in [3.8, 4) is 11.4 Å². The highest BCUT2D eigenvalue weighted by Crippen LogP contribution is 2.23. The van der Waals surface area contributed by atoms with Gasteiger partial charge in [-0.1, -0.05) is 23.7 Å². The maximum absolute atomic E-state index is 6.07. The molecule has 30 heavy (non-hydrogen) atoms. The molecular formula is C18H17BrClN9O. The van der Waals surface area contributed by atoms with E-state index in [2.05, 4.69) is 56.4 Å². The number of nitrogens with zero attached hydrogens (tertiary/aromatic N) is 7. The van der Waals surface area contributed by atoms with Crippen LogP contribution in [0.1, 0.15) is 5.82 Å². The molecule has 0 amide bonds. The second-order valence-corrected chi connectivity index (χ2v) is 7.95. The molecule has 0 bridgehead atoms. The number of benzene rings is 1. The first-order chi connectivity index (χ1) is 14.7. The van der Waals surface area contributed by atoms with Crippen molar-refractivity contribution in [2.75, 3.05) is 36.5 Å². The average molecular weight is 491 g/mol. The van der Waals surface area contributed by atoms with Crippen molar-refractivity contribution in [2.45, 2.75) is 6.54 Å². The lowest BCUT2D eigenvalue weighted by Crippen LogP contribution is -2.37. The molecule has 12 heteroatoms. The van der Waals surface area contributed by atoms with Crippen molar-refractivity contribution < 1.29 is 4.74 Å². The number of rotatable bonds is 5. The highest BCUT2D eigenvalue weighted by molar-refractivity contribution is 9.10. The predicted octanol–water partition coefficient (Wildman–Crippen LogP) is 2.77. The number of aromatic nitrogens is 7. The molecule has 0 aliphatic carbocycles. The van der Waals surface area contributed by atoms with E-state index in [-0.39, 0.29) is 0 Å². The van der Waals surface area contributed by atoms with Crippen LogP contribution >= 0.6 is 27.5 Å². The van der Waals surface area contributed by atoms with Gasteiger partial charge in [-0.05, 0) is 28.1 Å². The smallest absolute Gasteiger partial charge is 0.230 e. The van der Waals surface area contributed by atoms with E-state index in [4.69, 9.17) is 16.3 Å². The molecule has 0 spiro atoms. The third-order valence-electron chi connectivity index (χ3n) is 4.65. The topological polar surface area (TPSA) is 109 Å². The molecule has 1 aliphatic heterocycles. The summed E-state index contributed by atoms with van der Waals surface area (Å²) >= 11 is 9.57. The molecular weight excluding hydrogens is 474 g/mol. The van der Waals surface area contributed by atoms with E-state index in [0.717, 1.165) is 23.1 Å². The number of halogens is 2. The Morgan fingerprint density at radius 2 is 2.07 bits per heavy atom. The van der Waals surface area contributed by atoms with Gasteiger partial charge in [-0.3, -0.25) is 0 Å². The van der Waals surface area contributed by atoms with E-state index in [1.807, 2.05) is 24.3 Å². The van der Waals surface area contributed by atoms with Crippen LogP contribution in [0.25, 0.3) is 17.0 Å². The second-order valence-electron chi connectivity index (χ2n) is 6.66. The van der Waals surface area contributed by atoms with Crippen molar-refractivity contribution >= 4 is 45.1 Å². The number of ether oxygens (including phenoxy) is 1. The van der Waals surface area contributed by atoms with Gasteiger partial charge in [0.15, 0.2) is 11.5 Å². The Labute approximate surface area is 184 Å². The van der Waals surface area contributed by atoms with E-state index in [9.17, 15) is 0 Å². The summed E-state index contributed by atoms with van der Waals surface area (Å²) in [4.78, 5) is 14.6. The fourth-order valence-corrected chi connectivity index (χ4v) is 3.70. The van der Waals surface area contributed by atoms with Crippen molar-refractivity contribution in [1.82, 2.24) is 34.8 Å². The number of morpholine rings is 1. The summed E-state index contributed by atoms with van der Waals surface area (Å²) in [5, 5.41) is 16.7. The van der Waals surface area contributed by atoms with Gasteiger partial charge in [-0.2, -0.15) is 19.6 Å². The molecule has 1 fully saturated rings. The van der Waals surface area contributed by atoms with Crippen LogP contribution in [0, 0.1) is 0 Å². The summed E-state index contributed by atoms with van der Waals surface area (Å²) < 4.78 is 7.88. The summed E-state index contributed by atoms with van der Waals surface area (Å²) in [5.74, 6) is 2.51. The second kappa shape index (κ2) is 8.17. The molecule has 0 saturated carbocycles. The number of anilines is 2. The van der Waals surface area contributed by atoms with Gasteiger partial charge in [0.25, 0.3) is 0 Å². The van der Waals surface area contributed by atoms with Crippen molar-refractivity contribution in [1.29, 1.82) is 0 Å². The third kappa shape index (κ3) is 3.83.